The Bertz CT molecular complexity index is 631. The molecule has 1 heterocycles. The third-order valence-corrected chi connectivity index (χ3v) is 4.15. The Morgan fingerprint density at radius 3 is 2.30 bits per heavy atom. The van der Waals surface area contributed by atoms with Gasteiger partial charge in [-0.05, 0) is 18.2 Å². The molecule has 0 spiro atoms. The highest BCUT2D eigenvalue weighted by atomic mass is 32.1. The summed E-state index contributed by atoms with van der Waals surface area (Å²) in [5, 5.41) is 2.62. The first-order valence-electron chi connectivity index (χ1n) is 6.03. The highest BCUT2D eigenvalue weighted by Crippen LogP contribution is 2.42. The van der Waals surface area contributed by atoms with Crippen LogP contribution in [-0.2, 0) is 0 Å². The van der Waals surface area contributed by atoms with Crippen LogP contribution >= 0.6 is 25.3 Å². The third kappa shape index (κ3) is 2.13. The fourth-order valence-electron chi connectivity index (χ4n) is 2.33. The lowest BCUT2D eigenvalue weighted by Crippen LogP contribution is -2.43. The zero-order chi connectivity index (χ0) is 14.3. The van der Waals surface area contributed by atoms with Gasteiger partial charge in [0, 0.05) is 11.3 Å². The molecule has 0 aromatic heterocycles. The van der Waals surface area contributed by atoms with E-state index in [1.54, 1.807) is 0 Å². The first kappa shape index (κ1) is 13.6. The van der Waals surface area contributed by atoms with Gasteiger partial charge in [0.25, 0.3) is 0 Å². The van der Waals surface area contributed by atoms with Crippen LogP contribution in [0.4, 0.5) is 20.2 Å². The van der Waals surface area contributed by atoms with Crippen molar-refractivity contribution in [3.8, 4) is 0 Å². The smallest absolute Gasteiger partial charge is 0.149 e. The van der Waals surface area contributed by atoms with Gasteiger partial charge in [-0.25, -0.2) is 8.78 Å². The monoisotopic (exact) mass is 310 g/mol. The maximum atomic E-state index is 14.0. The van der Waals surface area contributed by atoms with Gasteiger partial charge in [0.05, 0.1) is 0 Å². The molecule has 2 aromatic carbocycles. The first-order valence-corrected chi connectivity index (χ1v) is 7.07. The lowest BCUT2D eigenvalue weighted by atomic mass is 10.1. The average Bonchev–Trinajstić information content (AvgIpc) is 2.42. The van der Waals surface area contributed by atoms with Crippen LogP contribution in [0.5, 0.6) is 0 Å². The molecule has 0 saturated heterocycles. The van der Waals surface area contributed by atoms with Gasteiger partial charge in [0.15, 0.2) is 0 Å². The maximum absolute atomic E-state index is 14.0. The molecule has 2 unspecified atom stereocenters. The summed E-state index contributed by atoms with van der Waals surface area (Å²) in [6.07, 6.45) is 0. The van der Waals surface area contributed by atoms with Crippen molar-refractivity contribution in [1.29, 1.82) is 0 Å². The van der Waals surface area contributed by atoms with E-state index in [1.165, 1.54) is 23.1 Å². The zero-order valence-corrected chi connectivity index (χ0v) is 12.1. The molecule has 0 amide bonds. The van der Waals surface area contributed by atoms with E-state index in [-0.39, 0.29) is 5.69 Å². The minimum Gasteiger partial charge on any atom is -0.357 e. The lowest BCUT2D eigenvalue weighted by molar-refractivity contribution is 0.566. The summed E-state index contributed by atoms with van der Waals surface area (Å²) in [4.78, 5) is 1.47. The van der Waals surface area contributed by atoms with Gasteiger partial charge in [0.2, 0.25) is 0 Å². The Kier molecular flexibility index (Phi) is 3.52. The van der Waals surface area contributed by atoms with Crippen molar-refractivity contribution in [1.82, 2.24) is 0 Å². The van der Waals surface area contributed by atoms with Gasteiger partial charge in [0.1, 0.15) is 28.2 Å². The quantitative estimate of drug-likeness (QED) is 0.689. The minimum absolute atomic E-state index is 0.130. The molecule has 0 bridgehead atoms. The zero-order valence-electron chi connectivity index (χ0n) is 10.3. The highest BCUT2D eigenvalue weighted by molar-refractivity contribution is 7.82. The van der Waals surface area contributed by atoms with E-state index in [0.29, 0.717) is 0 Å². The van der Waals surface area contributed by atoms with Crippen molar-refractivity contribution in [2.24, 2.45) is 0 Å². The van der Waals surface area contributed by atoms with Crippen LogP contribution in [0.3, 0.4) is 0 Å². The Morgan fingerprint density at radius 2 is 1.60 bits per heavy atom. The van der Waals surface area contributed by atoms with Crippen LogP contribution < -0.4 is 10.2 Å². The van der Waals surface area contributed by atoms with Crippen molar-refractivity contribution >= 4 is 36.6 Å². The molecular formula is C14H12F2N2S2. The highest BCUT2D eigenvalue weighted by Gasteiger charge is 2.33. The summed E-state index contributed by atoms with van der Waals surface area (Å²) in [7, 11) is 0. The summed E-state index contributed by atoms with van der Waals surface area (Å²) >= 11 is 8.88. The number of thiol groups is 2. The number of nitrogens with zero attached hydrogens (tertiary/aromatic N) is 1. The normalized spacial score (nSPS) is 21.3. The molecule has 3 rings (SSSR count). The largest absolute Gasteiger partial charge is 0.357 e. The van der Waals surface area contributed by atoms with Crippen molar-refractivity contribution in [2.45, 2.75) is 10.9 Å². The number of anilines is 2. The molecule has 6 heteroatoms. The predicted octanol–water partition coefficient (Wildman–Crippen LogP) is 4.04. The average molecular weight is 310 g/mol. The van der Waals surface area contributed by atoms with Crippen molar-refractivity contribution in [3.63, 3.8) is 0 Å². The second-order valence-electron chi connectivity index (χ2n) is 4.46. The van der Waals surface area contributed by atoms with E-state index in [1.807, 2.05) is 24.3 Å². The van der Waals surface area contributed by atoms with E-state index >= 15 is 0 Å². The molecule has 0 radical (unpaired) electrons. The van der Waals surface area contributed by atoms with Crippen LogP contribution in [0.25, 0.3) is 0 Å². The summed E-state index contributed by atoms with van der Waals surface area (Å²) in [5.74, 6) is -1.27. The van der Waals surface area contributed by atoms with Gasteiger partial charge in [-0.2, -0.15) is 0 Å². The minimum atomic E-state index is -0.635. The van der Waals surface area contributed by atoms with Gasteiger partial charge >= 0.3 is 0 Å². The fraction of sp³-hybridized carbons (Fsp3) is 0.143. The van der Waals surface area contributed by atoms with E-state index in [4.69, 9.17) is 0 Å². The predicted molar refractivity (Wildman–Crippen MR) is 83.4 cm³/mol. The molecule has 1 aliphatic heterocycles. The van der Waals surface area contributed by atoms with E-state index in [0.717, 1.165) is 11.3 Å². The van der Waals surface area contributed by atoms with Crippen molar-refractivity contribution in [2.75, 3.05) is 10.2 Å². The van der Waals surface area contributed by atoms with E-state index in [9.17, 15) is 8.78 Å². The summed E-state index contributed by atoms with van der Waals surface area (Å²) in [5.41, 5.74) is 1.01. The van der Waals surface area contributed by atoms with Crippen LogP contribution in [-0.4, -0.2) is 5.50 Å². The molecule has 104 valence electrons. The van der Waals surface area contributed by atoms with Gasteiger partial charge < -0.3 is 10.2 Å². The van der Waals surface area contributed by atoms with Crippen molar-refractivity contribution < 1.29 is 8.78 Å². The number of fused-ring (bicyclic) bond motifs is 1. The molecule has 0 fully saturated rings. The standard InChI is InChI=1S/C14H12F2N2S2/c15-9-5-3-6-10(16)12(9)18-13(19)8-4-1-2-7-11(8)17-14(18)20/h1-7,13-14,17,19-20H. The van der Waals surface area contributed by atoms with E-state index < -0.39 is 22.5 Å². The van der Waals surface area contributed by atoms with Crippen LogP contribution in [0.1, 0.15) is 10.9 Å². The number of benzene rings is 2. The molecule has 1 aliphatic rings. The lowest BCUT2D eigenvalue weighted by Gasteiger charge is -2.41. The Morgan fingerprint density at radius 1 is 0.950 bits per heavy atom. The van der Waals surface area contributed by atoms with Gasteiger partial charge in [-0.15, -0.1) is 25.3 Å². The number of hydrogen-bond donors (Lipinski definition) is 3. The number of halogens is 2. The number of rotatable bonds is 1. The SMILES string of the molecule is Fc1cccc(F)c1N1C(S)Nc2ccccc2C1S. The summed E-state index contributed by atoms with van der Waals surface area (Å²) in [6, 6.07) is 11.3. The second kappa shape index (κ2) is 5.18. The van der Waals surface area contributed by atoms with Crippen LogP contribution in [0.2, 0.25) is 0 Å². The first-order chi connectivity index (χ1) is 9.59. The molecule has 2 aromatic rings. The Balaban J connectivity index is 2.11. The molecule has 2 nitrogen and oxygen atoms in total. The maximum Gasteiger partial charge on any atom is 0.149 e. The van der Waals surface area contributed by atoms with Gasteiger partial charge in [-0.3, -0.25) is 0 Å². The topological polar surface area (TPSA) is 15.3 Å². The van der Waals surface area contributed by atoms with E-state index in [2.05, 4.69) is 30.6 Å². The molecule has 20 heavy (non-hydrogen) atoms. The molecule has 1 N–H and O–H groups in total. The third-order valence-electron chi connectivity index (χ3n) is 3.25. The van der Waals surface area contributed by atoms with Crippen LogP contribution in [0, 0.1) is 11.6 Å². The number of para-hydroxylation sites is 2. The second-order valence-corrected chi connectivity index (χ2v) is 5.43. The van der Waals surface area contributed by atoms with Crippen molar-refractivity contribution in [3.05, 3.63) is 59.7 Å². The number of nitrogens with one attached hydrogen (secondary N) is 1. The molecule has 0 aliphatic carbocycles. The summed E-state index contributed by atoms with van der Waals surface area (Å²) < 4.78 is 28.0. The molecule has 2 atom stereocenters. The fourth-order valence-corrected chi connectivity index (χ4v) is 3.29. The van der Waals surface area contributed by atoms with Gasteiger partial charge in [-0.1, -0.05) is 24.3 Å². The Hall–Kier alpha value is -1.40. The summed E-state index contributed by atoms with van der Waals surface area (Å²) in [6.45, 7) is 0. The molecular weight excluding hydrogens is 298 g/mol. The molecule has 0 saturated carbocycles. The Labute approximate surface area is 126 Å². The number of hydrogen-bond acceptors (Lipinski definition) is 4. The van der Waals surface area contributed by atoms with Crippen LogP contribution in [0.15, 0.2) is 42.5 Å².